The van der Waals surface area contributed by atoms with Crippen LogP contribution in [-0.4, -0.2) is 13.1 Å². The molecule has 0 amide bonds. The first-order valence-electron chi connectivity index (χ1n) is 4.01. The quantitative estimate of drug-likeness (QED) is 0.553. The van der Waals surface area contributed by atoms with Crippen LogP contribution in [0.1, 0.15) is 13.8 Å². The molecule has 1 heteroatoms. The molecule has 1 N–H and O–H groups in total. The van der Waals surface area contributed by atoms with Gasteiger partial charge in [-0.3, -0.25) is 0 Å². The largest absolute Gasteiger partial charge is 0.316 e. The fourth-order valence-electron chi connectivity index (χ4n) is 2.46. The smallest absolute Gasteiger partial charge is 0.00143 e. The summed E-state index contributed by atoms with van der Waals surface area (Å²) in [5.74, 6) is 4.13. The molecule has 9 heavy (non-hydrogen) atoms. The maximum absolute atomic E-state index is 3.41. The summed E-state index contributed by atoms with van der Waals surface area (Å²) in [6.45, 7) is 7.30. The lowest BCUT2D eigenvalue weighted by molar-refractivity contribution is 0.463. The Labute approximate surface area is 56.8 Å². The van der Waals surface area contributed by atoms with Gasteiger partial charge in [0.1, 0.15) is 0 Å². The molecule has 1 aliphatic heterocycles. The summed E-state index contributed by atoms with van der Waals surface area (Å²) in [7, 11) is 0. The maximum Gasteiger partial charge on any atom is -0.00143 e. The zero-order valence-electron chi connectivity index (χ0n) is 6.22. The highest BCUT2D eigenvalue weighted by Crippen LogP contribution is 2.52. The van der Waals surface area contributed by atoms with Crippen molar-refractivity contribution >= 4 is 0 Å². The van der Waals surface area contributed by atoms with E-state index >= 15 is 0 Å². The summed E-state index contributed by atoms with van der Waals surface area (Å²) < 4.78 is 0. The predicted molar refractivity (Wildman–Crippen MR) is 38.2 cm³/mol. The van der Waals surface area contributed by atoms with E-state index in [1.807, 2.05) is 0 Å². The van der Waals surface area contributed by atoms with Crippen LogP contribution in [0.25, 0.3) is 0 Å². The van der Waals surface area contributed by atoms with Gasteiger partial charge in [-0.05, 0) is 36.8 Å². The fourth-order valence-corrected chi connectivity index (χ4v) is 2.46. The fraction of sp³-hybridized carbons (Fsp3) is 1.00. The number of hydrogen-bond donors (Lipinski definition) is 1. The Hall–Kier alpha value is -0.0400. The van der Waals surface area contributed by atoms with Crippen molar-refractivity contribution in [2.24, 2.45) is 23.7 Å². The maximum atomic E-state index is 3.41. The highest BCUT2D eigenvalue weighted by atomic mass is 15.0. The Morgan fingerprint density at radius 3 is 2.11 bits per heavy atom. The summed E-state index contributed by atoms with van der Waals surface area (Å²) in [6, 6.07) is 0. The Kier molecular flexibility index (Phi) is 1.10. The third-order valence-electron chi connectivity index (χ3n) is 2.93. The highest BCUT2D eigenvalue weighted by Gasteiger charge is 2.53. The van der Waals surface area contributed by atoms with Gasteiger partial charge >= 0.3 is 0 Å². The second kappa shape index (κ2) is 1.72. The van der Waals surface area contributed by atoms with Crippen molar-refractivity contribution in [1.29, 1.82) is 0 Å². The number of nitrogens with one attached hydrogen (secondary N) is 1. The SMILES string of the molecule is CC(C)C1C2CNCC21. The summed E-state index contributed by atoms with van der Waals surface area (Å²) >= 11 is 0. The summed E-state index contributed by atoms with van der Waals surface area (Å²) in [6.07, 6.45) is 0. The van der Waals surface area contributed by atoms with Gasteiger partial charge in [0, 0.05) is 0 Å². The molecule has 2 atom stereocenters. The van der Waals surface area contributed by atoms with Crippen LogP contribution in [0.2, 0.25) is 0 Å². The van der Waals surface area contributed by atoms with Crippen molar-refractivity contribution < 1.29 is 0 Å². The van der Waals surface area contributed by atoms with Gasteiger partial charge in [-0.2, -0.15) is 0 Å². The molecule has 2 aliphatic rings. The van der Waals surface area contributed by atoms with Gasteiger partial charge in [0.2, 0.25) is 0 Å². The normalized spacial score (nSPS) is 47.7. The molecule has 1 saturated carbocycles. The van der Waals surface area contributed by atoms with E-state index in [2.05, 4.69) is 19.2 Å². The summed E-state index contributed by atoms with van der Waals surface area (Å²) in [4.78, 5) is 0. The van der Waals surface area contributed by atoms with Gasteiger partial charge in [-0.1, -0.05) is 13.8 Å². The van der Waals surface area contributed by atoms with Crippen LogP contribution in [0.4, 0.5) is 0 Å². The molecule has 1 aliphatic carbocycles. The van der Waals surface area contributed by atoms with Gasteiger partial charge < -0.3 is 5.32 Å². The molecule has 0 aromatic carbocycles. The van der Waals surface area contributed by atoms with E-state index < -0.39 is 0 Å². The first kappa shape index (κ1) is 5.72. The predicted octanol–water partition coefficient (Wildman–Crippen LogP) is 1.11. The van der Waals surface area contributed by atoms with E-state index in [0.29, 0.717) is 0 Å². The van der Waals surface area contributed by atoms with E-state index in [-0.39, 0.29) is 0 Å². The number of fused-ring (bicyclic) bond motifs is 1. The third kappa shape index (κ3) is 0.710. The second-order valence-corrected chi connectivity index (χ2v) is 3.81. The zero-order valence-corrected chi connectivity index (χ0v) is 6.22. The molecule has 52 valence electrons. The van der Waals surface area contributed by atoms with E-state index in [1.54, 1.807) is 0 Å². The molecule has 0 aromatic heterocycles. The molecule has 0 bridgehead atoms. The van der Waals surface area contributed by atoms with Crippen LogP contribution in [0, 0.1) is 23.7 Å². The molecule has 0 spiro atoms. The lowest BCUT2D eigenvalue weighted by atomic mass is 10.1. The van der Waals surface area contributed by atoms with E-state index in [4.69, 9.17) is 0 Å². The number of piperidine rings is 1. The van der Waals surface area contributed by atoms with Crippen LogP contribution in [0.3, 0.4) is 0 Å². The monoisotopic (exact) mass is 125 g/mol. The Morgan fingerprint density at radius 1 is 1.22 bits per heavy atom. The number of rotatable bonds is 1. The summed E-state index contributed by atoms with van der Waals surface area (Å²) in [5.41, 5.74) is 0. The summed E-state index contributed by atoms with van der Waals surface area (Å²) in [5, 5.41) is 3.41. The topological polar surface area (TPSA) is 12.0 Å². The van der Waals surface area contributed by atoms with Gasteiger partial charge in [0.05, 0.1) is 0 Å². The molecule has 0 radical (unpaired) electrons. The van der Waals surface area contributed by atoms with Crippen molar-refractivity contribution in [1.82, 2.24) is 5.32 Å². The van der Waals surface area contributed by atoms with Crippen LogP contribution >= 0.6 is 0 Å². The lowest BCUT2D eigenvalue weighted by Crippen LogP contribution is -2.16. The highest BCUT2D eigenvalue weighted by molar-refractivity contribution is 5.04. The molecule has 2 rings (SSSR count). The average molecular weight is 125 g/mol. The Balaban J connectivity index is 1.94. The molecule has 2 unspecified atom stereocenters. The minimum absolute atomic E-state index is 0.932. The zero-order chi connectivity index (χ0) is 6.43. The standard InChI is InChI=1S/C8H15N/c1-5(2)8-6-3-9-4-7(6)8/h5-9H,3-4H2,1-2H3. The van der Waals surface area contributed by atoms with Crippen LogP contribution in [-0.2, 0) is 0 Å². The Morgan fingerprint density at radius 2 is 1.78 bits per heavy atom. The second-order valence-electron chi connectivity index (χ2n) is 3.81. The van der Waals surface area contributed by atoms with Gasteiger partial charge in [0.25, 0.3) is 0 Å². The van der Waals surface area contributed by atoms with Crippen LogP contribution in [0.15, 0.2) is 0 Å². The van der Waals surface area contributed by atoms with Crippen molar-refractivity contribution in [3.8, 4) is 0 Å². The Bertz CT molecular complexity index is 110. The first-order chi connectivity index (χ1) is 4.30. The molecule has 1 heterocycles. The van der Waals surface area contributed by atoms with Crippen molar-refractivity contribution in [3.05, 3.63) is 0 Å². The van der Waals surface area contributed by atoms with Crippen molar-refractivity contribution in [3.63, 3.8) is 0 Å². The molecule has 1 nitrogen and oxygen atoms in total. The molecular formula is C8H15N. The lowest BCUT2D eigenvalue weighted by Gasteiger charge is -2.06. The minimum Gasteiger partial charge on any atom is -0.316 e. The third-order valence-corrected chi connectivity index (χ3v) is 2.93. The molecule has 0 aromatic rings. The molecule has 2 fully saturated rings. The van der Waals surface area contributed by atoms with E-state index in [1.165, 1.54) is 13.1 Å². The van der Waals surface area contributed by atoms with Gasteiger partial charge in [-0.15, -0.1) is 0 Å². The average Bonchev–Trinajstić information content (AvgIpc) is 2.30. The van der Waals surface area contributed by atoms with Gasteiger partial charge in [-0.25, -0.2) is 0 Å². The molecule has 1 saturated heterocycles. The minimum atomic E-state index is 0.932. The van der Waals surface area contributed by atoms with E-state index in [0.717, 1.165) is 23.7 Å². The van der Waals surface area contributed by atoms with Gasteiger partial charge in [0.15, 0.2) is 0 Å². The van der Waals surface area contributed by atoms with Crippen molar-refractivity contribution in [2.75, 3.05) is 13.1 Å². The molecular weight excluding hydrogens is 110 g/mol. The first-order valence-corrected chi connectivity index (χ1v) is 4.01. The number of hydrogen-bond acceptors (Lipinski definition) is 1. The van der Waals surface area contributed by atoms with Crippen LogP contribution in [0.5, 0.6) is 0 Å². The van der Waals surface area contributed by atoms with Crippen molar-refractivity contribution in [2.45, 2.75) is 13.8 Å². The van der Waals surface area contributed by atoms with Crippen LogP contribution < -0.4 is 5.32 Å². The van der Waals surface area contributed by atoms with E-state index in [9.17, 15) is 0 Å².